The predicted molar refractivity (Wildman–Crippen MR) is 61.2 cm³/mol. The molecule has 0 aliphatic rings. The maximum absolute atomic E-state index is 11.9. The van der Waals surface area contributed by atoms with Crippen LogP contribution in [-0.2, 0) is 11.3 Å². The number of alkyl halides is 3. The van der Waals surface area contributed by atoms with E-state index < -0.39 is 12.8 Å². The van der Waals surface area contributed by atoms with Crippen molar-refractivity contribution in [1.82, 2.24) is 15.1 Å². The highest BCUT2D eigenvalue weighted by atomic mass is 19.4. The number of aryl methyl sites for hydroxylation is 1. The molecule has 0 saturated carbocycles. The second-order valence-electron chi connectivity index (χ2n) is 3.87. The molecule has 1 heterocycles. The fourth-order valence-electron chi connectivity index (χ4n) is 1.73. The van der Waals surface area contributed by atoms with Gasteiger partial charge in [0.15, 0.2) is 0 Å². The summed E-state index contributed by atoms with van der Waals surface area (Å²) in [4.78, 5) is 0. The van der Waals surface area contributed by atoms with Gasteiger partial charge in [-0.15, -0.1) is 0 Å². The maximum atomic E-state index is 11.9. The number of nitrogens with zero attached hydrogens (tertiary/aromatic N) is 2. The van der Waals surface area contributed by atoms with Crippen LogP contribution in [0.2, 0.25) is 0 Å². The fourth-order valence-corrected chi connectivity index (χ4v) is 1.73. The molecule has 0 spiro atoms. The van der Waals surface area contributed by atoms with Crippen molar-refractivity contribution < 1.29 is 17.9 Å². The molecule has 0 amide bonds. The van der Waals surface area contributed by atoms with Gasteiger partial charge in [-0.25, -0.2) is 0 Å². The summed E-state index contributed by atoms with van der Waals surface area (Å²) in [5.74, 6) is 0. The van der Waals surface area contributed by atoms with Gasteiger partial charge in [-0.2, -0.15) is 18.3 Å². The number of hydrogen-bond acceptors (Lipinski definition) is 3. The Morgan fingerprint density at radius 2 is 2.22 bits per heavy atom. The molecule has 0 aliphatic carbocycles. The largest absolute Gasteiger partial charge is 0.411 e. The Morgan fingerprint density at radius 3 is 2.78 bits per heavy atom. The zero-order valence-corrected chi connectivity index (χ0v) is 10.5. The van der Waals surface area contributed by atoms with Crippen LogP contribution in [0.4, 0.5) is 13.2 Å². The highest BCUT2D eigenvalue weighted by molar-refractivity contribution is 5.06. The Balaban J connectivity index is 2.43. The molecule has 0 saturated heterocycles. The predicted octanol–water partition coefficient (Wildman–Crippen LogP) is 2.13. The van der Waals surface area contributed by atoms with Crippen molar-refractivity contribution in [2.75, 3.05) is 20.3 Å². The summed E-state index contributed by atoms with van der Waals surface area (Å²) < 4.78 is 42.1. The molecule has 0 bridgehead atoms. The Hall–Kier alpha value is -1.08. The van der Waals surface area contributed by atoms with E-state index >= 15 is 0 Å². The molecule has 4 nitrogen and oxygen atoms in total. The summed E-state index contributed by atoms with van der Waals surface area (Å²) in [6.07, 6.45) is -2.11. The first-order valence-corrected chi connectivity index (χ1v) is 5.81. The van der Waals surface area contributed by atoms with E-state index in [1.807, 2.05) is 17.7 Å². The second kappa shape index (κ2) is 6.75. The number of nitrogens with one attached hydrogen (secondary N) is 1. The molecule has 1 atom stereocenters. The van der Waals surface area contributed by atoms with E-state index in [-0.39, 0.29) is 12.6 Å². The zero-order chi connectivity index (χ0) is 13.6. The van der Waals surface area contributed by atoms with Crippen LogP contribution in [0.1, 0.15) is 25.1 Å². The van der Waals surface area contributed by atoms with E-state index in [1.165, 1.54) is 0 Å². The number of halogens is 3. The summed E-state index contributed by atoms with van der Waals surface area (Å²) in [6, 6.07) is 1.80. The molecule has 7 heteroatoms. The first-order valence-electron chi connectivity index (χ1n) is 5.81. The van der Waals surface area contributed by atoms with Crippen molar-refractivity contribution in [3.8, 4) is 0 Å². The van der Waals surface area contributed by atoms with Crippen molar-refractivity contribution in [3.05, 3.63) is 18.0 Å². The normalized spacial score (nSPS) is 13.8. The molecular formula is C11H18F3N3O. The molecule has 0 aromatic carbocycles. The quantitative estimate of drug-likeness (QED) is 0.768. The minimum atomic E-state index is -4.26. The van der Waals surface area contributed by atoms with Crippen LogP contribution < -0.4 is 5.32 Å². The third-order valence-electron chi connectivity index (χ3n) is 2.57. The summed E-state index contributed by atoms with van der Waals surface area (Å²) in [7, 11) is 1.77. The lowest BCUT2D eigenvalue weighted by atomic mass is 10.1. The third-order valence-corrected chi connectivity index (χ3v) is 2.57. The summed E-state index contributed by atoms with van der Waals surface area (Å²) in [6.45, 7) is 1.55. The van der Waals surface area contributed by atoms with E-state index in [0.717, 1.165) is 12.2 Å². The molecule has 1 N–H and O–H groups in total. The van der Waals surface area contributed by atoms with Crippen LogP contribution in [-0.4, -0.2) is 36.2 Å². The second-order valence-corrected chi connectivity index (χ2v) is 3.87. The van der Waals surface area contributed by atoms with Crippen LogP contribution in [0.15, 0.2) is 12.3 Å². The smallest absolute Gasteiger partial charge is 0.372 e. The van der Waals surface area contributed by atoms with E-state index in [9.17, 15) is 13.2 Å². The molecule has 1 aromatic heterocycles. The first kappa shape index (κ1) is 15.0. The van der Waals surface area contributed by atoms with Crippen LogP contribution in [0.5, 0.6) is 0 Å². The van der Waals surface area contributed by atoms with Gasteiger partial charge in [0.05, 0.1) is 11.7 Å². The molecule has 1 rings (SSSR count). The third kappa shape index (κ3) is 4.66. The lowest BCUT2D eigenvalue weighted by Crippen LogP contribution is -2.23. The van der Waals surface area contributed by atoms with Crippen molar-refractivity contribution in [2.24, 2.45) is 0 Å². The van der Waals surface area contributed by atoms with Crippen LogP contribution in [0.25, 0.3) is 0 Å². The lowest BCUT2D eigenvalue weighted by Gasteiger charge is -2.17. The van der Waals surface area contributed by atoms with Crippen LogP contribution >= 0.6 is 0 Å². The van der Waals surface area contributed by atoms with Gasteiger partial charge in [-0.1, -0.05) is 0 Å². The average molecular weight is 265 g/mol. The minimum absolute atomic E-state index is 0.0549. The average Bonchev–Trinajstić information content (AvgIpc) is 2.76. The number of ether oxygens (including phenoxy) is 1. The van der Waals surface area contributed by atoms with Gasteiger partial charge in [0.1, 0.15) is 6.61 Å². The summed E-state index contributed by atoms with van der Waals surface area (Å²) in [5.41, 5.74) is 0.954. The van der Waals surface area contributed by atoms with E-state index in [0.29, 0.717) is 6.42 Å². The highest BCUT2D eigenvalue weighted by Crippen LogP contribution is 2.18. The SMILES string of the molecule is CCn1nccc1C(CCOCC(F)(F)F)NC. The first-order chi connectivity index (χ1) is 8.48. The molecule has 0 aliphatic heterocycles. The van der Waals surface area contributed by atoms with Gasteiger partial charge in [0.25, 0.3) is 0 Å². The fraction of sp³-hybridized carbons (Fsp3) is 0.727. The minimum Gasteiger partial charge on any atom is -0.372 e. The zero-order valence-electron chi connectivity index (χ0n) is 10.5. The molecule has 104 valence electrons. The summed E-state index contributed by atoms with van der Waals surface area (Å²) in [5, 5.41) is 7.18. The van der Waals surface area contributed by atoms with E-state index in [4.69, 9.17) is 0 Å². The van der Waals surface area contributed by atoms with Crippen molar-refractivity contribution in [3.63, 3.8) is 0 Å². The Bertz CT molecular complexity index is 352. The van der Waals surface area contributed by atoms with Crippen molar-refractivity contribution in [2.45, 2.75) is 32.1 Å². The highest BCUT2D eigenvalue weighted by Gasteiger charge is 2.27. The number of rotatable bonds is 7. The van der Waals surface area contributed by atoms with Crippen molar-refractivity contribution in [1.29, 1.82) is 0 Å². The van der Waals surface area contributed by atoms with Gasteiger partial charge >= 0.3 is 6.18 Å². The van der Waals surface area contributed by atoms with Crippen molar-refractivity contribution >= 4 is 0 Å². The van der Waals surface area contributed by atoms with Gasteiger partial charge in [-0.3, -0.25) is 4.68 Å². The maximum Gasteiger partial charge on any atom is 0.411 e. The van der Waals surface area contributed by atoms with Gasteiger partial charge < -0.3 is 10.1 Å². The molecule has 18 heavy (non-hydrogen) atoms. The van der Waals surface area contributed by atoms with E-state index in [2.05, 4.69) is 15.2 Å². The topological polar surface area (TPSA) is 39.1 Å². The number of hydrogen-bond donors (Lipinski definition) is 1. The Morgan fingerprint density at radius 1 is 1.50 bits per heavy atom. The lowest BCUT2D eigenvalue weighted by molar-refractivity contribution is -0.174. The van der Waals surface area contributed by atoms with Gasteiger partial charge in [-0.05, 0) is 26.5 Å². The monoisotopic (exact) mass is 265 g/mol. The van der Waals surface area contributed by atoms with E-state index in [1.54, 1.807) is 13.2 Å². The Kier molecular flexibility index (Phi) is 5.61. The van der Waals surface area contributed by atoms with Gasteiger partial charge in [0, 0.05) is 19.3 Å². The van der Waals surface area contributed by atoms with Crippen LogP contribution in [0.3, 0.4) is 0 Å². The van der Waals surface area contributed by atoms with Crippen LogP contribution in [0, 0.1) is 0 Å². The Labute approximate surface area is 104 Å². The molecule has 0 radical (unpaired) electrons. The summed E-state index contributed by atoms with van der Waals surface area (Å²) >= 11 is 0. The molecule has 1 aromatic rings. The molecular weight excluding hydrogens is 247 g/mol. The number of aromatic nitrogens is 2. The standard InChI is InChI=1S/C11H18F3N3O/c1-3-17-10(4-6-16-17)9(15-2)5-7-18-8-11(12,13)14/h4,6,9,15H,3,5,7-8H2,1-2H3. The van der Waals surface area contributed by atoms with Gasteiger partial charge in [0.2, 0.25) is 0 Å². The molecule has 1 unspecified atom stereocenters. The molecule has 0 fully saturated rings.